The number of nitrogens with zero attached hydrogens (tertiary/aromatic N) is 2. The van der Waals surface area contributed by atoms with E-state index >= 15 is 0 Å². The van der Waals surface area contributed by atoms with Gasteiger partial charge in [-0.3, -0.25) is 0 Å². The second-order valence-electron chi connectivity index (χ2n) is 11.9. The van der Waals surface area contributed by atoms with Crippen LogP contribution in [0.5, 0.6) is 0 Å². The lowest BCUT2D eigenvalue weighted by Crippen LogP contribution is -2.39. The van der Waals surface area contributed by atoms with Crippen LogP contribution in [0.15, 0.2) is 170 Å². The third-order valence-corrected chi connectivity index (χ3v) is 14.4. The zero-order valence-electron chi connectivity index (χ0n) is 26.4. The summed E-state index contributed by atoms with van der Waals surface area (Å²) in [7, 11) is -1.60. The highest BCUT2D eigenvalue weighted by molar-refractivity contribution is 6.78. The molecule has 0 amide bonds. The Labute approximate surface area is 270 Å². The maximum atomic E-state index is 2.41. The van der Waals surface area contributed by atoms with Crippen LogP contribution in [0, 0.1) is 0 Å². The molecule has 0 unspecified atom stereocenters. The fraction of sp³-hybridized carbons (Fsp3) is 0.143. The molecule has 0 aliphatic carbocycles. The van der Waals surface area contributed by atoms with Crippen LogP contribution in [0.3, 0.4) is 0 Å². The van der Waals surface area contributed by atoms with E-state index in [1.54, 1.807) is 0 Å². The molecule has 0 N–H and O–H groups in total. The van der Waals surface area contributed by atoms with Crippen LogP contribution in [-0.2, 0) is 12.1 Å². The molecule has 45 heavy (non-hydrogen) atoms. The summed E-state index contributed by atoms with van der Waals surface area (Å²) in [5, 5.41) is 0. The van der Waals surface area contributed by atoms with Crippen molar-refractivity contribution in [2.24, 2.45) is 0 Å². The van der Waals surface area contributed by atoms with Gasteiger partial charge in [0.1, 0.15) is 0 Å². The quantitative estimate of drug-likeness (QED) is 0.129. The first kappa shape index (κ1) is 30.2. The lowest BCUT2D eigenvalue weighted by atomic mass is 10.1. The van der Waals surface area contributed by atoms with Gasteiger partial charge < -0.3 is 9.80 Å². The Balaban J connectivity index is 1.22. The fourth-order valence-electron chi connectivity index (χ4n) is 6.41. The van der Waals surface area contributed by atoms with E-state index in [1.165, 1.54) is 69.4 Å². The summed E-state index contributed by atoms with van der Waals surface area (Å²) in [5.41, 5.74) is 9.96. The van der Waals surface area contributed by atoms with Gasteiger partial charge in [0.15, 0.2) is 0 Å². The number of anilines is 6. The van der Waals surface area contributed by atoms with E-state index in [0.717, 1.165) is 0 Å². The van der Waals surface area contributed by atoms with Gasteiger partial charge in [0.25, 0.3) is 0 Å². The standard InChI is InChI=1S/C42H42N2Si/c1-3-45(4-2,33-35-25-29-41(30-26-35)43(37-17-9-5-10-18-37)38-19-11-6-12-20-38)34-36-27-31-42(32-28-36)44(39-21-13-7-14-22-39)40-23-15-8-16-24-40/h5-32H,3-4,33-34H2,1-2H3. The Kier molecular flexibility index (Phi) is 9.58. The number of para-hydroxylation sites is 4. The molecule has 0 aliphatic heterocycles. The van der Waals surface area contributed by atoms with Gasteiger partial charge >= 0.3 is 0 Å². The molecule has 6 aromatic carbocycles. The zero-order valence-corrected chi connectivity index (χ0v) is 27.4. The summed E-state index contributed by atoms with van der Waals surface area (Å²) in [5.74, 6) is 0. The molecule has 0 fully saturated rings. The molecule has 0 spiro atoms. The van der Waals surface area contributed by atoms with Gasteiger partial charge in [0.2, 0.25) is 0 Å². The minimum absolute atomic E-state index is 1.17. The number of rotatable bonds is 12. The van der Waals surface area contributed by atoms with Crippen molar-refractivity contribution < 1.29 is 0 Å². The van der Waals surface area contributed by atoms with Crippen LogP contribution >= 0.6 is 0 Å². The van der Waals surface area contributed by atoms with Crippen LogP contribution in [0.4, 0.5) is 34.1 Å². The van der Waals surface area contributed by atoms with E-state index in [9.17, 15) is 0 Å². The molecule has 0 aromatic heterocycles. The summed E-state index contributed by atoms with van der Waals surface area (Å²) < 4.78 is 0. The van der Waals surface area contributed by atoms with Crippen LogP contribution in [0.1, 0.15) is 25.0 Å². The van der Waals surface area contributed by atoms with Gasteiger partial charge in [0.05, 0.1) is 8.07 Å². The molecule has 0 saturated heterocycles. The first-order valence-corrected chi connectivity index (χ1v) is 19.0. The van der Waals surface area contributed by atoms with Crippen molar-refractivity contribution in [3.63, 3.8) is 0 Å². The predicted molar refractivity (Wildman–Crippen MR) is 196 cm³/mol. The molecule has 6 rings (SSSR count). The number of hydrogen-bond acceptors (Lipinski definition) is 2. The van der Waals surface area contributed by atoms with Crippen molar-refractivity contribution in [2.75, 3.05) is 9.80 Å². The van der Waals surface area contributed by atoms with Crippen molar-refractivity contribution >= 4 is 42.2 Å². The molecule has 224 valence electrons. The average molecular weight is 603 g/mol. The lowest BCUT2D eigenvalue weighted by Gasteiger charge is -2.31. The Bertz CT molecular complexity index is 1520. The maximum Gasteiger partial charge on any atom is 0.0617 e. The van der Waals surface area contributed by atoms with Crippen molar-refractivity contribution in [3.05, 3.63) is 181 Å². The molecule has 6 aromatic rings. The van der Waals surface area contributed by atoms with E-state index in [1.807, 2.05) is 0 Å². The molecular weight excluding hydrogens is 561 g/mol. The predicted octanol–water partition coefficient (Wildman–Crippen LogP) is 12.0. The average Bonchev–Trinajstić information content (AvgIpc) is 3.11. The van der Waals surface area contributed by atoms with Gasteiger partial charge in [-0.05, 0) is 84.9 Å². The Hall–Kier alpha value is -4.86. The summed E-state index contributed by atoms with van der Waals surface area (Å²) >= 11 is 0. The Morgan fingerprint density at radius 1 is 0.333 bits per heavy atom. The van der Waals surface area contributed by atoms with Crippen LogP contribution < -0.4 is 9.80 Å². The molecule has 0 saturated carbocycles. The molecule has 0 aliphatic rings. The maximum absolute atomic E-state index is 2.41. The smallest absolute Gasteiger partial charge is 0.0617 e. The van der Waals surface area contributed by atoms with E-state index in [-0.39, 0.29) is 0 Å². The number of benzene rings is 6. The second kappa shape index (κ2) is 14.3. The first-order chi connectivity index (χ1) is 22.2. The molecule has 3 heteroatoms. The molecule has 0 bridgehead atoms. The SMILES string of the molecule is CC[Si](CC)(Cc1ccc(N(c2ccccc2)c2ccccc2)cc1)Cc1ccc(N(c2ccccc2)c2ccccc2)cc1. The summed E-state index contributed by atoms with van der Waals surface area (Å²) in [6.45, 7) is 4.83. The van der Waals surface area contributed by atoms with E-state index in [2.05, 4.69) is 194 Å². The summed E-state index contributed by atoms with van der Waals surface area (Å²) in [6.07, 6.45) is 0. The zero-order chi connectivity index (χ0) is 30.9. The Morgan fingerprint density at radius 3 is 0.822 bits per heavy atom. The highest BCUT2D eigenvalue weighted by atomic mass is 28.3. The highest BCUT2D eigenvalue weighted by Crippen LogP contribution is 2.36. The highest BCUT2D eigenvalue weighted by Gasteiger charge is 2.30. The third kappa shape index (κ3) is 7.11. The van der Waals surface area contributed by atoms with E-state index < -0.39 is 8.07 Å². The van der Waals surface area contributed by atoms with E-state index in [0.29, 0.717) is 0 Å². The van der Waals surface area contributed by atoms with Crippen LogP contribution in [0.25, 0.3) is 0 Å². The monoisotopic (exact) mass is 602 g/mol. The minimum atomic E-state index is -1.60. The van der Waals surface area contributed by atoms with Crippen LogP contribution in [-0.4, -0.2) is 8.07 Å². The van der Waals surface area contributed by atoms with E-state index in [4.69, 9.17) is 0 Å². The minimum Gasteiger partial charge on any atom is -0.311 e. The van der Waals surface area contributed by atoms with Gasteiger partial charge in [-0.2, -0.15) is 0 Å². The van der Waals surface area contributed by atoms with Crippen molar-refractivity contribution in [2.45, 2.75) is 38.0 Å². The normalized spacial score (nSPS) is 11.2. The second-order valence-corrected chi connectivity index (χ2v) is 17.0. The molecule has 2 nitrogen and oxygen atoms in total. The molecular formula is C42H42N2Si. The van der Waals surface area contributed by atoms with Gasteiger partial charge in [-0.1, -0.05) is 134 Å². The summed E-state index contributed by atoms with van der Waals surface area (Å²) in [6, 6.07) is 66.2. The number of hydrogen-bond donors (Lipinski definition) is 0. The fourth-order valence-corrected chi connectivity index (χ4v) is 10.2. The molecule has 0 radical (unpaired) electrons. The van der Waals surface area contributed by atoms with Gasteiger partial charge in [0, 0.05) is 34.1 Å². The van der Waals surface area contributed by atoms with Crippen molar-refractivity contribution in [1.82, 2.24) is 0 Å². The first-order valence-electron chi connectivity index (χ1n) is 16.2. The third-order valence-electron chi connectivity index (χ3n) is 9.10. The van der Waals surface area contributed by atoms with Gasteiger partial charge in [-0.15, -0.1) is 0 Å². The van der Waals surface area contributed by atoms with Crippen LogP contribution in [0.2, 0.25) is 12.1 Å². The topological polar surface area (TPSA) is 6.48 Å². The van der Waals surface area contributed by atoms with Gasteiger partial charge in [-0.25, -0.2) is 0 Å². The largest absolute Gasteiger partial charge is 0.311 e. The Morgan fingerprint density at radius 2 is 0.578 bits per heavy atom. The lowest BCUT2D eigenvalue weighted by molar-refractivity contribution is 1.09. The van der Waals surface area contributed by atoms with Crippen molar-refractivity contribution in [1.29, 1.82) is 0 Å². The van der Waals surface area contributed by atoms with Crippen molar-refractivity contribution in [3.8, 4) is 0 Å². The molecule has 0 heterocycles. The summed E-state index contributed by atoms with van der Waals surface area (Å²) in [4.78, 5) is 4.67. The molecule has 0 atom stereocenters.